The summed E-state index contributed by atoms with van der Waals surface area (Å²) < 4.78 is 0. The lowest BCUT2D eigenvalue weighted by molar-refractivity contribution is -0.120. The van der Waals surface area contributed by atoms with Crippen LogP contribution in [0.4, 0.5) is 10.5 Å². The maximum absolute atomic E-state index is 13.1. The summed E-state index contributed by atoms with van der Waals surface area (Å²) in [5, 5.41) is 4.64. The minimum atomic E-state index is -0.491. The first-order chi connectivity index (χ1) is 17.5. The molecule has 1 aromatic heterocycles. The van der Waals surface area contributed by atoms with E-state index in [1.807, 2.05) is 48.7 Å². The molecule has 1 atom stereocenters. The number of aromatic amines is 1. The highest BCUT2D eigenvalue weighted by molar-refractivity contribution is 6.31. The predicted molar refractivity (Wildman–Crippen MR) is 138 cm³/mol. The molecular formula is C28H23ClN4O3. The van der Waals surface area contributed by atoms with Gasteiger partial charge in [0.15, 0.2) is 0 Å². The number of benzene rings is 3. The Morgan fingerprint density at radius 3 is 2.61 bits per heavy atom. The third-order valence-electron chi connectivity index (χ3n) is 6.99. The zero-order chi connectivity index (χ0) is 24.8. The van der Waals surface area contributed by atoms with E-state index < -0.39 is 6.04 Å². The number of urea groups is 1. The van der Waals surface area contributed by atoms with E-state index in [2.05, 4.69) is 10.3 Å². The van der Waals surface area contributed by atoms with Crippen molar-refractivity contribution in [3.8, 4) is 0 Å². The molecule has 2 aliphatic heterocycles. The van der Waals surface area contributed by atoms with Crippen molar-refractivity contribution in [2.45, 2.75) is 25.4 Å². The van der Waals surface area contributed by atoms with Crippen LogP contribution in [-0.2, 0) is 24.2 Å². The summed E-state index contributed by atoms with van der Waals surface area (Å²) in [6.45, 7) is 0.880. The van der Waals surface area contributed by atoms with E-state index in [4.69, 9.17) is 11.6 Å². The van der Waals surface area contributed by atoms with Gasteiger partial charge in [-0.25, -0.2) is 9.69 Å². The molecule has 4 amide bonds. The van der Waals surface area contributed by atoms with Gasteiger partial charge in [-0.2, -0.15) is 0 Å². The standard InChI is InChI=1S/C28H23ClN4O3/c29-21-7-10-24-23(14-21)19(15-31-24)11-12-30-26(34)17-5-8-22(9-6-17)33-27(35)25-13-18-3-1-2-4-20(18)16-32(25)28(33)36/h1-10,14-15,25,31H,11-13,16H2,(H,30,34). The minimum absolute atomic E-state index is 0.216. The Labute approximate surface area is 212 Å². The molecule has 1 unspecified atom stereocenters. The zero-order valence-electron chi connectivity index (χ0n) is 19.3. The number of nitrogens with zero attached hydrogens (tertiary/aromatic N) is 2. The molecular weight excluding hydrogens is 476 g/mol. The Kier molecular flexibility index (Phi) is 5.49. The average molecular weight is 499 g/mol. The summed E-state index contributed by atoms with van der Waals surface area (Å²) in [6, 6.07) is 19.3. The molecule has 0 bridgehead atoms. The van der Waals surface area contributed by atoms with Gasteiger partial charge in [0.25, 0.3) is 11.8 Å². The maximum Gasteiger partial charge on any atom is 0.332 e. The van der Waals surface area contributed by atoms with E-state index in [0.29, 0.717) is 42.2 Å². The van der Waals surface area contributed by atoms with Crippen molar-refractivity contribution in [2.75, 3.05) is 11.4 Å². The van der Waals surface area contributed by atoms with E-state index in [-0.39, 0.29) is 17.8 Å². The van der Waals surface area contributed by atoms with E-state index in [1.165, 1.54) is 4.90 Å². The second-order valence-corrected chi connectivity index (χ2v) is 9.57. The van der Waals surface area contributed by atoms with Gasteiger partial charge in [0.1, 0.15) is 6.04 Å². The number of fused-ring (bicyclic) bond motifs is 3. The number of H-pyrrole nitrogens is 1. The first-order valence-electron chi connectivity index (χ1n) is 11.8. The van der Waals surface area contributed by atoms with Gasteiger partial charge in [0.2, 0.25) is 0 Å². The number of rotatable bonds is 5. The summed E-state index contributed by atoms with van der Waals surface area (Å²) in [5.41, 5.74) is 5.18. The smallest absolute Gasteiger partial charge is 0.332 e. The molecule has 180 valence electrons. The molecule has 3 heterocycles. The zero-order valence-corrected chi connectivity index (χ0v) is 20.1. The monoisotopic (exact) mass is 498 g/mol. The summed E-state index contributed by atoms with van der Waals surface area (Å²) in [5.74, 6) is -0.447. The van der Waals surface area contributed by atoms with Crippen molar-refractivity contribution in [1.82, 2.24) is 15.2 Å². The number of carbonyl (C=O) groups is 3. The molecule has 0 radical (unpaired) electrons. The summed E-state index contributed by atoms with van der Waals surface area (Å²) >= 11 is 6.11. The lowest BCUT2D eigenvalue weighted by Crippen LogP contribution is -2.39. The molecule has 7 nitrogen and oxygen atoms in total. The Morgan fingerprint density at radius 1 is 1.03 bits per heavy atom. The van der Waals surface area contributed by atoms with E-state index in [1.54, 1.807) is 29.2 Å². The normalized spacial score (nSPS) is 16.9. The Hall–Kier alpha value is -4.10. The molecule has 4 aromatic rings. The van der Waals surface area contributed by atoms with Crippen LogP contribution in [0.15, 0.2) is 72.9 Å². The van der Waals surface area contributed by atoms with Crippen molar-refractivity contribution < 1.29 is 14.4 Å². The van der Waals surface area contributed by atoms with Crippen LogP contribution >= 0.6 is 11.6 Å². The largest absolute Gasteiger partial charge is 0.361 e. The highest BCUT2D eigenvalue weighted by Crippen LogP contribution is 2.33. The second-order valence-electron chi connectivity index (χ2n) is 9.13. The fourth-order valence-corrected chi connectivity index (χ4v) is 5.26. The van der Waals surface area contributed by atoms with Gasteiger partial charge >= 0.3 is 6.03 Å². The number of hydrogen-bond acceptors (Lipinski definition) is 3. The van der Waals surface area contributed by atoms with E-state index in [9.17, 15) is 14.4 Å². The first kappa shape index (κ1) is 22.4. The lowest BCUT2D eigenvalue weighted by atomic mass is 9.95. The summed E-state index contributed by atoms with van der Waals surface area (Å²) in [7, 11) is 0. The fraction of sp³-hybridized carbons (Fsp3) is 0.179. The van der Waals surface area contributed by atoms with Crippen LogP contribution in [0.5, 0.6) is 0 Å². The van der Waals surface area contributed by atoms with Gasteiger partial charge in [-0.3, -0.25) is 9.59 Å². The van der Waals surface area contributed by atoms with Crippen LogP contribution < -0.4 is 10.2 Å². The third kappa shape index (κ3) is 3.82. The van der Waals surface area contributed by atoms with Crippen molar-refractivity contribution >= 4 is 46.0 Å². The number of aromatic nitrogens is 1. The molecule has 6 rings (SSSR count). The number of imide groups is 1. The van der Waals surface area contributed by atoms with Gasteiger partial charge in [-0.1, -0.05) is 35.9 Å². The number of halogens is 1. The topological polar surface area (TPSA) is 85.5 Å². The number of amides is 4. The number of hydrogen-bond donors (Lipinski definition) is 2. The first-order valence-corrected chi connectivity index (χ1v) is 12.2. The van der Waals surface area contributed by atoms with E-state index >= 15 is 0 Å². The SMILES string of the molecule is O=C(NCCc1c[nH]c2ccc(Cl)cc12)c1ccc(N2C(=O)C3Cc4ccccc4CN3C2=O)cc1. The van der Waals surface area contributed by atoms with Crippen molar-refractivity contribution in [1.29, 1.82) is 0 Å². The Bertz CT molecular complexity index is 1470. The van der Waals surface area contributed by atoms with Crippen molar-refractivity contribution in [2.24, 2.45) is 0 Å². The van der Waals surface area contributed by atoms with Crippen LogP contribution in [0.3, 0.4) is 0 Å². The fourth-order valence-electron chi connectivity index (χ4n) is 5.09. The average Bonchev–Trinajstić information content (AvgIpc) is 3.40. The van der Waals surface area contributed by atoms with E-state index in [0.717, 1.165) is 27.6 Å². The predicted octanol–water partition coefficient (Wildman–Crippen LogP) is 4.69. The summed E-state index contributed by atoms with van der Waals surface area (Å²) in [4.78, 5) is 45.0. The quantitative estimate of drug-likeness (QED) is 0.391. The molecule has 8 heteroatoms. The molecule has 1 saturated heterocycles. The minimum Gasteiger partial charge on any atom is -0.361 e. The van der Waals surface area contributed by atoms with Crippen LogP contribution in [0.25, 0.3) is 10.9 Å². The molecule has 36 heavy (non-hydrogen) atoms. The molecule has 3 aromatic carbocycles. The number of nitrogens with one attached hydrogen (secondary N) is 2. The molecule has 0 aliphatic carbocycles. The molecule has 0 spiro atoms. The van der Waals surface area contributed by atoms with Gasteiger partial charge in [-0.05, 0) is 65.6 Å². The van der Waals surface area contributed by atoms with Crippen LogP contribution in [0, 0.1) is 0 Å². The third-order valence-corrected chi connectivity index (χ3v) is 7.22. The Balaban J connectivity index is 1.11. The maximum atomic E-state index is 13.1. The van der Waals surface area contributed by atoms with Crippen molar-refractivity contribution in [3.63, 3.8) is 0 Å². The molecule has 2 N–H and O–H groups in total. The molecule has 0 saturated carbocycles. The highest BCUT2D eigenvalue weighted by atomic mass is 35.5. The highest BCUT2D eigenvalue weighted by Gasteiger charge is 2.47. The van der Waals surface area contributed by atoms with Crippen molar-refractivity contribution in [3.05, 3.63) is 100 Å². The van der Waals surface area contributed by atoms with Gasteiger partial charge in [0, 0.05) is 47.2 Å². The van der Waals surface area contributed by atoms with Gasteiger partial charge < -0.3 is 15.2 Å². The van der Waals surface area contributed by atoms with Gasteiger partial charge in [-0.15, -0.1) is 0 Å². The lowest BCUT2D eigenvalue weighted by Gasteiger charge is -2.28. The summed E-state index contributed by atoms with van der Waals surface area (Å²) in [6.07, 6.45) is 3.10. The van der Waals surface area contributed by atoms with Crippen LogP contribution in [-0.4, -0.2) is 40.3 Å². The van der Waals surface area contributed by atoms with Crippen LogP contribution in [0.2, 0.25) is 5.02 Å². The van der Waals surface area contributed by atoms with Gasteiger partial charge in [0.05, 0.1) is 5.69 Å². The number of carbonyl (C=O) groups excluding carboxylic acids is 3. The van der Waals surface area contributed by atoms with Crippen LogP contribution in [0.1, 0.15) is 27.0 Å². The molecule has 1 fully saturated rings. The number of anilines is 1. The second kappa shape index (κ2) is 8.84. The Morgan fingerprint density at radius 2 is 1.81 bits per heavy atom. The molecule has 2 aliphatic rings.